The molecule has 92 valence electrons. The summed E-state index contributed by atoms with van der Waals surface area (Å²) in [7, 11) is 3.85. The van der Waals surface area contributed by atoms with Gasteiger partial charge in [-0.2, -0.15) is 0 Å². The van der Waals surface area contributed by atoms with Gasteiger partial charge in [0.1, 0.15) is 11.9 Å². The van der Waals surface area contributed by atoms with Crippen LogP contribution >= 0.6 is 0 Å². The quantitative estimate of drug-likeness (QED) is 0.857. The van der Waals surface area contributed by atoms with Crippen molar-refractivity contribution in [1.82, 2.24) is 4.98 Å². The van der Waals surface area contributed by atoms with Crippen molar-refractivity contribution in [3.8, 4) is 0 Å². The fourth-order valence-electron chi connectivity index (χ4n) is 1.73. The first-order valence-electron chi connectivity index (χ1n) is 5.72. The molecule has 1 fully saturated rings. The second kappa shape index (κ2) is 5.14. The normalized spacial score (nSPS) is 19.1. The van der Waals surface area contributed by atoms with Gasteiger partial charge in [0.25, 0.3) is 5.91 Å². The third-order valence-corrected chi connectivity index (χ3v) is 2.70. The minimum atomic E-state index is -0.302. The van der Waals surface area contributed by atoms with E-state index in [1.54, 1.807) is 6.20 Å². The maximum absolute atomic E-state index is 11.8. The van der Waals surface area contributed by atoms with Gasteiger partial charge in [0.15, 0.2) is 0 Å². The zero-order chi connectivity index (χ0) is 12.3. The number of aromatic nitrogens is 1. The molecule has 1 aliphatic rings. The van der Waals surface area contributed by atoms with Gasteiger partial charge < -0.3 is 15.0 Å². The molecule has 1 aromatic heterocycles. The average Bonchev–Trinajstić information content (AvgIpc) is 2.83. The molecular formula is C12H17N3O2. The summed E-state index contributed by atoms with van der Waals surface area (Å²) < 4.78 is 5.31. The lowest BCUT2D eigenvalue weighted by Gasteiger charge is -2.13. The Bertz CT molecular complexity index is 383. The van der Waals surface area contributed by atoms with Gasteiger partial charge in [0.2, 0.25) is 0 Å². The lowest BCUT2D eigenvalue weighted by molar-refractivity contribution is -0.124. The van der Waals surface area contributed by atoms with Gasteiger partial charge in [-0.1, -0.05) is 0 Å². The monoisotopic (exact) mass is 235 g/mol. The molecule has 2 heterocycles. The first-order chi connectivity index (χ1) is 8.16. The number of anilines is 2. The SMILES string of the molecule is CN(C)c1ccc(NC(=O)C2CCCO2)cn1. The number of nitrogens with zero attached hydrogens (tertiary/aromatic N) is 2. The van der Waals surface area contributed by atoms with Gasteiger partial charge in [-0.15, -0.1) is 0 Å². The number of carbonyl (C=O) groups is 1. The van der Waals surface area contributed by atoms with Gasteiger partial charge >= 0.3 is 0 Å². The smallest absolute Gasteiger partial charge is 0.253 e. The van der Waals surface area contributed by atoms with Crippen LogP contribution in [-0.4, -0.2) is 37.7 Å². The van der Waals surface area contributed by atoms with E-state index >= 15 is 0 Å². The first kappa shape index (κ1) is 11.9. The molecule has 1 atom stereocenters. The van der Waals surface area contributed by atoms with Gasteiger partial charge in [0, 0.05) is 20.7 Å². The van der Waals surface area contributed by atoms with Crippen LogP contribution in [0.4, 0.5) is 11.5 Å². The second-order valence-electron chi connectivity index (χ2n) is 4.29. The Kier molecular flexibility index (Phi) is 3.58. The van der Waals surface area contributed by atoms with Gasteiger partial charge in [-0.05, 0) is 25.0 Å². The van der Waals surface area contributed by atoms with E-state index in [-0.39, 0.29) is 12.0 Å². The Morgan fingerprint density at radius 2 is 2.35 bits per heavy atom. The molecule has 1 saturated heterocycles. The maximum Gasteiger partial charge on any atom is 0.253 e. The summed E-state index contributed by atoms with van der Waals surface area (Å²) >= 11 is 0. The van der Waals surface area contributed by atoms with E-state index in [0.29, 0.717) is 12.3 Å². The summed E-state index contributed by atoms with van der Waals surface area (Å²) in [5, 5.41) is 2.81. The molecule has 2 rings (SSSR count). The zero-order valence-electron chi connectivity index (χ0n) is 10.1. The van der Waals surface area contributed by atoms with Crippen LogP contribution in [0.15, 0.2) is 18.3 Å². The lowest BCUT2D eigenvalue weighted by Crippen LogP contribution is -2.26. The third kappa shape index (κ3) is 2.94. The van der Waals surface area contributed by atoms with E-state index in [1.165, 1.54) is 0 Å². The van der Waals surface area contributed by atoms with Crippen LogP contribution in [0.3, 0.4) is 0 Å². The summed E-state index contributed by atoms with van der Waals surface area (Å²) in [6.07, 6.45) is 3.11. The molecule has 0 aliphatic carbocycles. The highest BCUT2D eigenvalue weighted by atomic mass is 16.5. The zero-order valence-corrected chi connectivity index (χ0v) is 10.1. The van der Waals surface area contributed by atoms with Crippen LogP contribution in [-0.2, 0) is 9.53 Å². The molecule has 0 aromatic carbocycles. The molecule has 0 spiro atoms. The largest absolute Gasteiger partial charge is 0.368 e. The Hall–Kier alpha value is -1.62. The molecule has 1 unspecified atom stereocenters. The summed E-state index contributed by atoms with van der Waals surface area (Å²) in [6.45, 7) is 0.676. The van der Waals surface area contributed by atoms with Crippen molar-refractivity contribution >= 4 is 17.4 Å². The molecule has 0 saturated carbocycles. The minimum Gasteiger partial charge on any atom is -0.368 e. The van der Waals surface area contributed by atoms with Crippen LogP contribution in [0.25, 0.3) is 0 Å². The van der Waals surface area contributed by atoms with Crippen molar-refractivity contribution < 1.29 is 9.53 Å². The maximum atomic E-state index is 11.8. The van der Waals surface area contributed by atoms with Gasteiger partial charge in [-0.3, -0.25) is 4.79 Å². The molecule has 1 aliphatic heterocycles. The van der Waals surface area contributed by atoms with Crippen LogP contribution in [0.1, 0.15) is 12.8 Å². The minimum absolute atomic E-state index is 0.0816. The van der Waals surface area contributed by atoms with Crippen LogP contribution < -0.4 is 10.2 Å². The van der Waals surface area contributed by atoms with Crippen molar-refractivity contribution in [3.63, 3.8) is 0 Å². The van der Waals surface area contributed by atoms with E-state index in [2.05, 4.69) is 10.3 Å². The molecule has 1 amide bonds. The number of carbonyl (C=O) groups excluding carboxylic acids is 1. The van der Waals surface area contributed by atoms with Crippen molar-refractivity contribution in [2.24, 2.45) is 0 Å². The van der Waals surface area contributed by atoms with E-state index in [9.17, 15) is 4.79 Å². The molecule has 5 nitrogen and oxygen atoms in total. The average molecular weight is 235 g/mol. The number of amides is 1. The molecule has 17 heavy (non-hydrogen) atoms. The first-order valence-corrected chi connectivity index (χ1v) is 5.72. The fraction of sp³-hybridized carbons (Fsp3) is 0.500. The summed E-state index contributed by atoms with van der Waals surface area (Å²) in [6, 6.07) is 3.71. The lowest BCUT2D eigenvalue weighted by atomic mass is 10.2. The number of rotatable bonds is 3. The number of hydrogen-bond donors (Lipinski definition) is 1. The predicted molar refractivity (Wildman–Crippen MR) is 66.2 cm³/mol. The Balaban J connectivity index is 1.96. The molecule has 1 N–H and O–H groups in total. The van der Waals surface area contributed by atoms with E-state index in [0.717, 1.165) is 18.7 Å². The number of hydrogen-bond acceptors (Lipinski definition) is 4. The van der Waals surface area contributed by atoms with Gasteiger partial charge in [0.05, 0.1) is 11.9 Å². The van der Waals surface area contributed by atoms with E-state index in [4.69, 9.17) is 4.74 Å². The van der Waals surface area contributed by atoms with Crippen molar-refractivity contribution in [3.05, 3.63) is 18.3 Å². The molecule has 0 bridgehead atoms. The van der Waals surface area contributed by atoms with Gasteiger partial charge in [-0.25, -0.2) is 4.98 Å². The van der Waals surface area contributed by atoms with Crippen LogP contribution in [0.5, 0.6) is 0 Å². The highest BCUT2D eigenvalue weighted by Gasteiger charge is 2.23. The number of pyridine rings is 1. The molecule has 5 heteroatoms. The Morgan fingerprint density at radius 1 is 1.53 bits per heavy atom. The number of nitrogens with one attached hydrogen (secondary N) is 1. The second-order valence-corrected chi connectivity index (χ2v) is 4.29. The Labute approximate surface area is 101 Å². The third-order valence-electron chi connectivity index (χ3n) is 2.70. The topological polar surface area (TPSA) is 54.5 Å². The van der Waals surface area contributed by atoms with E-state index in [1.807, 2.05) is 31.1 Å². The summed E-state index contributed by atoms with van der Waals surface area (Å²) in [5.74, 6) is 0.780. The molecule has 1 aromatic rings. The van der Waals surface area contributed by atoms with E-state index < -0.39 is 0 Å². The predicted octanol–water partition coefficient (Wildman–Crippen LogP) is 1.27. The standard InChI is InChI=1S/C12H17N3O2/c1-15(2)11-6-5-9(8-13-11)14-12(16)10-4-3-7-17-10/h5-6,8,10H,3-4,7H2,1-2H3,(H,14,16). The Morgan fingerprint density at radius 3 is 2.88 bits per heavy atom. The van der Waals surface area contributed by atoms with Crippen LogP contribution in [0, 0.1) is 0 Å². The highest BCUT2D eigenvalue weighted by molar-refractivity contribution is 5.94. The summed E-state index contributed by atoms with van der Waals surface area (Å²) in [4.78, 5) is 17.9. The molecular weight excluding hydrogens is 218 g/mol. The number of ether oxygens (including phenoxy) is 1. The fourth-order valence-corrected chi connectivity index (χ4v) is 1.73. The molecule has 0 radical (unpaired) electrons. The van der Waals surface area contributed by atoms with Crippen molar-refractivity contribution in [2.45, 2.75) is 18.9 Å². The van der Waals surface area contributed by atoms with Crippen LogP contribution in [0.2, 0.25) is 0 Å². The van der Waals surface area contributed by atoms with Crippen molar-refractivity contribution in [1.29, 1.82) is 0 Å². The summed E-state index contributed by atoms with van der Waals surface area (Å²) in [5.41, 5.74) is 0.705. The highest BCUT2D eigenvalue weighted by Crippen LogP contribution is 2.16. The van der Waals surface area contributed by atoms with Crippen molar-refractivity contribution in [2.75, 3.05) is 30.9 Å².